The maximum atomic E-state index is 5.03. The Morgan fingerprint density at radius 1 is 0.688 bits per heavy atom. The van der Waals surface area contributed by atoms with E-state index >= 15 is 0 Å². The third-order valence-corrected chi connectivity index (χ3v) is 3.03. The van der Waals surface area contributed by atoms with E-state index in [0.717, 1.165) is 6.61 Å². The van der Waals surface area contributed by atoms with Gasteiger partial charge in [-0.15, -0.1) is 0 Å². The van der Waals surface area contributed by atoms with Crippen molar-refractivity contribution in [2.75, 3.05) is 27.3 Å². The van der Waals surface area contributed by atoms with Crippen LogP contribution in [0.5, 0.6) is 0 Å². The molecule has 2 nitrogen and oxygen atoms in total. The fourth-order valence-electron chi connectivity index (χ4n) is 1.96. The second kappa shape index (κ2) is 14.9. The van der Waals surface area contributed by atoms with Crippen molar-refractivity contribution < 1.29 is 4.74 Å². The molecule has 0 aliphatic rings. The van der Waals surface area contributed by atoms with Gasteiger partial charge in [0, 0.05) is 13.7 Å². The highest BCUT2D eigenvalue weighted by atomic mass is 16.5. The first-order chi connectivity index (χ1) is 7.91. The Hall–Kier alpha value is -0.0800. The average molecular weight is 229 g/mol. The molecule has 0 heterocycles. The van der Waals surface area contributed by atoms with Gasteiger partial charge in [0.15, 0.2) is 0 Å². The van der Waals surface area contributed by atoms with Gasteiger partial charge in [-0.3, -0.25) is 0 Å². The molecule has 0 amide bonds. The highest BCUT2D eigenvalue weighted by molar-refractivity contribution is 4.48. The van der Waals surface area contributed by atoms with Crippen molar-refractivity contribution in [1.82, 2.24) is 5.32 Å². The van der Waals surface area contributed by atoms with Gasteiger partial charge in [0.2, 0.25) is 0 Å². The molecular weight excluding hydrogens is 198 g/mol. The quantitative estimate of drug-likeness (QED) is 0.486. The zero-order valence-corrected chi connectivity index (χ0v) is 11.4. The van der Waals surface area contributed by atoms with Crippen LogP contribution in [0.4, 0.5) is 0 Å². The first kappa shape index (κ1) is 15.9. The van der Waals surface area contributed by atoms with Crippen LogP contribution >= 0.6 is 0 Å². The molecule has 0 unspecified atom stereocenters. The second-order valence-electron chi connectivity index (χ2n) is 4.63. The molecule has 0 aromatic carbocycles. The van der Waals surface area contributed by atoms with Gasteiger partial charge in [0.05, 0.1) is 0 Å². The summed E-state index contributed by atoms with van der Waals surface area (Å²) >= 11 is 0. The summed E-state index contributed by atoms with van der Waals surface area (Å²) in [5.41, 5.74) is 0. The zero-order chi connectivity index (χ0) is 11.9. The third-order valence-electron chi connectivity index (χ3n) is 3.03. The molecule has 0 aliphatic heterocycles. The maximum absolute atomic E-state index is 5.03. The van der Waals surface area contributed by atoms with E-state index in [1.165, 1.54) is 70.8 Å². The summed E-state index contributed by atoms with van der Waals surface area (Å²) in [5.74, 6) is 0. The predicted octanol–water partition coefficient (Wildman–Crippen LogP) is 3.75. The van der Waals surface area contributed by atoms with Crippen LogP contribution in [0.1, 0.15) is 64.2 Å². The van der Waals surface area contributed by atoms with Gasteiger partial charge in [-0.2, -0.15) is 0 Å². The topological polar surface area (TPSA) is 21.3 Å². The van der Waals surface area contributed by atoms with Crippen molar-refractivity contribution in [2.24, 2.45) is 0 Å². The van der Waals surface area contributed by atoms with Crippen molar-refractivity contribution >= 4 is 0 Å². The molecule has 2 heteroatoms. The van der Waals surface area contributed by atoms with Crippen LogP contribution in [0.15, 0.2) is 0 Å². The van der Waals surface area contributed by atoms with Gasteiger partial charge in [-0.25, -0.2) is 0 Å². The second-order valence-corrected chi connectivity index (χ2v) is 4.63. The molecule has 98 valence electrons. The lowest BCUT2D eigenvalue weighted by atomic mass is 10.1. The molecule has 0 atom stereocenters. The molecular formula is C14H31NO. The van der Waals surface area contributed by atoms with Crippen molar-refractivity contribution in [1.29, 1.82) is 0 Å². The van der Waals surface area contributed by atoms with E-state index in [-0.39, 0.29) is 0 Å². The highest BCUT2D eigenvalue weighted by Gasteiger charge is 1.92. The normalized spacial score (nSPS) is 10.9. The third kappa shape index (κ3) is 13.9. The molecule has 0 aromatic heterocycles. The number of rotatable bonds is 13. The van der Waals surface area contributed by atoms with Crippen LogP contribution in [-0.2, 0) is 4.74 Å². The zero-order valence-electron chi connectivity index (χ0n) is 11.4. The lowest BCUT2D eigenvalue weighted by Crippen LogP contribution is -2.06. The Morgan fingerprint density at radius 2 is 1.12 bits per heavy atom. The summed E-state index contributed by atoms with van der Waals surface area (Å²) in [6.45, 7) is 2.12. The van der Waals surface area contributed by atoms with Gasteiger partial charge in [0.1, 0.15) is 0 Å². The summed E-state index contributed by atoms with van der Waals surface area (Å²) < 4.78 is 5.03. The molecule has 1 N–H and O–H groups in total. The Balaban J connectivity index is 2.83. The van der Waals surface area contributed by atoms with E-state index in [4.69, 9.17) is 4.74 Å². The molecule has 0 fully saturated rings. The number of hydrogen-bond donors (Lipinski definition) is 1. The molecule has 0 bridgehead atoms. The van der Waals surface area contributed by atoms with Gasteiger partial charge in [-0.1, -0.05) is 51.4 Å². The highest BCUT2D eigenvalue weighted by Crippen LogP contribution is 2.10. The molecule has 16 heavy (non-hydrogen) atoms. The number of hydrogen-bond acceptors (Lipinski definition) is 2. The smallest absolute Gasteiger partial charge is 0.0462 e. The van der Waals surface area contributed by atoms with E-state index in [0.29, 0.717) is 0 Å². The summed E-state index contributed by atoms with van der Waals surface area (Å²) in [4.78, 5) is 0. The monoisotopic (exact) mass is 229 g/mol. The van der Waals surface area contributed by atoms with Crippen molar-refractivity contribution in [3.05, 3.63) is 0 Å². The van der Waals surface area contributed by atoms with Gasteiger partial charge in [-0.05, 0) is 26.4 Å². The number of methoxy groups -OCH3 is 1. The van der Waals surface area contributed by atoms with E-state index in [1.54, 1.807) is 7.11 Å². The minimum atomic E-state index is 0.936. The molecule has 0 saturated heterocycles. The van der Waals surface area contributed by atoms with Crippen molar-refractivity contribution in [3.63, 3.8) is 0 Å². The standard InChI is InChI=1S/C14H31NO/c1-15-13-11-9-7-5-3-4-6-8-10-12-14-16-2/h15H,3-14H2,1-2H3. The Labute approximate surface area is 102 Å². The predicted molar refractivity (Wildman–Crippen MR) is 72.0 cm³/mol. The van der Waals surface area contributed by atoms with E-state index in [1.807, 2.05) is 7.05 Å². The largest absolute Gasteiger partial charge is 0.385 e. The number of unbranched alkanes of at least 4 members (excludes halogenated alkanes) is 9. The SMILES string of the molecule is CNCCCCCCCCCCCCOC. The van der Waals surface area contributed by atoms with E-state index in [2.05, 4.69) is 5.32 Å². The van der Waals surface area contributed by atoms with Gasteiger partial charge in [0.25, 0.3) is 0 Å². The Kier molecular flexibility index (Phi) is 14.8. The molecule has 0 saturated carbocycles. The van der Waals surface area contributed by atoms with Crippen molar-refractivity contribution in [2.45, 2.75) is 64.2 Å². The number of nitrogens with one attached hydrogen (secondary N) is 1. The van der Waals surface area contributed by atoms with Crippen LogP contribution in [0.3, 0.4) is 0 Å². The van der Waals surface area contributed by atoms with Gasteiger partial charge >= 0.3 is 0 Å². The molecule has 0 aromatic rings. The minimum Gasteiger partial charge on any atom is -0.385 e. The van der Waals surface area contributed by atoms with E-state index < -0.39 is 0 Å². The summed E-state index contributed by atoms with van der Waals surface area (Å²) in [5, 5.41) is 3.19. The fraction of sp³-hybridized carbons (Fsp3) is 1.00. The van der Waals surface area contributed by atoms with Crippen LogP contribution in [0.25, 0.3) is 0 Å². The minimum absolute atomic E-state index is 0.936. The van der Waals surface area contributed by atoms with Gasteiger partial charge < -0.3 is 10.1 Å². The van der Waals surface area contributed by atoms with Crippen molar-refractivity contribution in [3.8, 4) is 0 Å². The summed E-state index contributed by atoms with van der Waals surface area (Å²) in [6, 6.07) is 0. The fourth-order valence-corrected chi connectivity index (χ4v) is 1.96. The Morgan fingerprint density at radius 3 is 1.56 bits per heavy atom. The summed E-state index contributed by atoms with van der Waals surface area (Å²) in [7, 11) is 3.82. The Bertz CT molecular complexity index is 103. The average Bonchev–Trinajstić information content (AvgIpc) is 2.31. The first-order valence-electron chi connectivity index (χ1n) is 7.05. The van der Waals surface area contributed by atoms with Crippen LogP contribution in [-0.4, -0.2) is 27.3 Å². The van der Waals surface area contributed by atoms with Crippen LogP contribution in [0.2, 0.25) is 0 Å². The molecule has 0 aliphatic carbocycles. The maximum Gasteiger partial charge on any atom is 0.0462 e. The lowest BCUT2D eigenvalue weighted by Gasteiger charge is -2.02. The summed E-state index contributed by atoms with van der Waals surface area (Å²) in [6.07, 6.45) is 13.8. The molecule has 0 radical (unpaired) electrons. The lowest BCUT2D eigenvalue weighted by molar-refractivity contribution is 0.192. The first-order valence-corrected chi connectivity index (χ1v) is 7.05. The van der Waals surface area contributed by atoms with E-state index in [9.17, 15) is 0 Å². The number of ether oxygens (including phenoxy) is 1. The van der Waals surface area contributed by atoms with Crippen LogP contribution < -0.4 is 5.32 Å². The molecule has 0 spiro atoms. The molecule has 0 rings (SSSR count). The van der Waals surface area contributed by atoms with Crippen LogP contribution in [0, 0.1) is 0 Å².